The van der Waals surface area contributed by atoms with Gasteiger partial charge in [0.2, 0.25) is 0 Å². The molecule has 5 heteroatoms. The van der Waals surface area contributed by atoms with Gasteiger partial charge in [-0.25, -0.2) is 10.2 Å². The third kappa shape index (κ3) is 7.01. The molecule has 0 rings (SSSR count). The highest BCUT2D eigenvalue weighted by Gasteiger charge is 2.01. The summed E-state index contributed by atoms with van der Waals surface area (Å²) in [5.74, 6) is 0.514. The van der Waals surface area contributed by atoms with Crippen molar-refractivity contribution in [3.63, 3.8) is 0 Å². The van der Waals surface area contributed by atoms with Crippen LogP contribution in [0.15, 0.2) is 5.10 Å². The van der Waals surface area contributed by atoms with Gasteiger partial charge >= 0.3 is 6.03 Å². The number of hydrogen-bond acceptors (Lipinski definition) is 3. The van der Waals surface area contributed by atoms with Gasteiger partial charge in [0, 0.05) is 12.3 Å². The topological polar surface area (TPSA) is 93.5 Å². The maximum Gasteiger partial charge on any atom is 0.332 e. The molecule has 0 aromatic carbocycles. The third-order valence-electron chi connectivity index (χ3n) is 1.18. The molecule has 0 radical (unpaired) electrons. The van der Waals surface area contributed by atoms with Crippen molar-refractivity contribution in [3.8, 4) is 0 Å². The number of nitrogens with one attached hydrogen (secondary N) is 1. The summed E-state index contributed by atoms with van der Waals surface area (Å²) < 4.78 is 0. The summed E-state index contributed by atoms with van der Waals surface area (Å²) in [6, 6.07) is -0.806. The van der Waals surface area contributed by atoms with Crippen LogP contribution in [0.1, 0.15) is 20.3 Å². The Kier molecular flexibility index (Phi) is 5.03. The van der Waals surface area contributed by atoms with Gasteiger partial charge in [0.25, 0.3) is 0 Å². The fourth-order valence-electron chi connectivity index (χ4n) is 0.802. The zero-order valence-corrected chi connectivity index (χ0v) is 7.45. The lowest BCUT2D eigenvalue weighted by atomic mass is 10.1. The lowest BCUT2D eigenvalue weighted by Gasteiger charge is -2.07. The number of carbonyl (C=O) groups is 1. The highest BCUT2D eigenvalue weighted by molar-refractivity contribution is 5.73. The van der Waals surface area contributed by atoms with Crippen molar-refractivity contribution in [1.82, 2.24) is 5.43 Å². The molecule has 0 aliphatic rings. The molecule has 5 nitrogen and oxygen atoms in total. The van der Waals surface area contributed by atoms with Gasteiger partial charge in [0.15, 0.2) is 0 Å². The van der Waals surface area contributed by atoms with E-state index in [1.165, 1.54) is 6.21 Å². The van der Waals surface area contributed by atoms with Crippen molar-refractivity contribution in [1.29, 1.82) is 0 Å². The first-order chi connectivity index (χ1) is 5.52. The standard InChI is InChI=1S/C7H16N4O/c1-5(2)3-6(8)4-10-11-7(9)12/h4-6H,3,8H2,1-2H3,(H3,9,11,12)/t6-/m0/s1. The number of nitrogens with two attached hydrogens (primary N) is 2. The number of amides is 2. The van der Waals surface area contributed by atoms with E-state index in [1.807, 2.05) is 0 Å². The highest BCUT2D eigenvalue weighted by atomic mass is 16.2. The summed E-state index contributed by atoms with van der Waals surface area (Å²) in [4.78, 5) is 10.2. The van der Waals surface area contributed by atoms with Gasteiger partial charge in [0.05, 0.1) is 0 Å². The Labute approximate surface area is 72.2 Å². The molecule has 5 N–H and O–H groups in total. The molecular formula is C7H16N4O. The molecule has 0 unspecified atom stereocenters. The summed E-state index contributed by atoms with van der Waals surface area (Å²) in [6.07, 6.45) is 2.31. The van der Waals surface area contributed by atoms with E-state index in [0.717, 1.165) is 6.42 Å². The first-order valence-corrected chi connectivity index (χ1v) is 3.86. The van der Waals surface area contributed by atoms with Crippen LogP contribution < -0.4 is 16.9 Å². The average Bonchev–Trinajstić information content (AvgIpc) is 1.84. The summed E-state index contributed by atoms with van der Waals surface area (Å²) in [5, 5.41) is 3.55. The molecule has 0 aliphatic heterocycles. The first-order valence-electron chi connectivity index (χ1n) is 3.86. The molecule has 0 fully saturated rings. The summed E-state index contributed by atoms with van der Waals surface area (Å²) in [5.41, 5.74) is 12.5. The second-order valence-electron chi connectivity index (χ2n) is 3.05. The second-order valence-corrected chi connectivity index (χ2v) is 3.05. The van der Waals surface area contributed by atoms with Crippen LogP contribution in [0.4, 0.5) is 4.79 Å². The zero-order chi connectivity index (χ0) is 9.56. The molecule has 0 aliphatic carbocycles. The number of rotatable bonds is 4. The number of carbonyl (C=O) groups excluding carboxylic acids is 1. The van der Waals surface area contributed by atoms with Crippen molar-refractivity contribution < 1.29 is 4.79 Å². The maximum absolute atomic E-state index is 10.2. The molecule has 1 atom stereocenters. The van der Waals surface area contributed by atoms with E-state index in [-0.39, 0.29) is 6.04 Å². The van der Waals surface area contributed by atoms with Crippen LogP contribution >= 0.6 is 0 Å². The lowest BCUT2D eigenvalue weighted by molar-refractivity contribution is 0.249. The molecule has 70 valence electrons. The predicted octanol–water partition coefficient (Wildman–Crippen LogP) is 0.0139. The van der Waals surface area contributed by atoms with E-state index >= 15 is 0 Å². The van der Waals surface area contributed by atoms with Crippen LogP contribution in [0.3, 0.4) is 0 Å². The predicted molar refractivity (Wildman–Crippen MR) is 48.6 cm³/mol. The Hall–Kier alpha value is -1.10. The molecule has 12 heavy (non-hydrogen) atoms. The van der Waals surface area contributed by atoms with Crippen molar-refractivity contribution in [2.24, 2.45) is 22.5 Å². The number of urea groups is 1. The Balaban J connectivity index is 3.60. The van der Waals surface area contributed by atoms with Gasteiger partial charge < -0.3 is 11.5 Å². The normalized spacial score (nSPS) is 13.7. The quantitative estimate of drug-likeness (QED) is 0.411. The smallest absolute Gasteiger partial charge is 0.332 e. The minimum absolute atomic E-state index is 0.128. The fourth-order valence-corrected chi connectivity index (χ4v) is 0.802. The van der Waals surface area contributed by atoms with Crippen LogP contribution in [-0.2, 0) is 0 Å². The number of primary amides is 1. The highest BCUT2D eigenvalue weighted by Crippen LogP contribution is 2.00. The molecule has 0 heterocycles. The van der Waals surface area contributed by atoms with Crippen LogP contribution in [-0.4, -0.2) is 18.3 Å². The van der Waals surface area contributed by atoms with E-state index in [9.17, 15) is 4.79 Å². The Bertz CT molecular complexity index is 167. The summed E-state index contributed by atoms with van der Waals surface area (Å²) in [6.45, 7) is 4.13. The summed E-state index contributed by atoms with van der Waals surface area (Å²) in [7, 11) is 0. The van der Waals surface area contributed by atoms with Crippen molar-refractivity contribution in [3.05, 3.63) is 0 Å². The molecule has 0 bridgehead atoms. The van der Waals surface area contributed by atoms with E-state index < -0.39 is 6.03 Å². The van der Waals surface area contributed by atoms with E-state index in [2.05, 4.69) is 24.4 Å². The molecule has 0 spiro atoms. The summed E-state index contributed by atoms with van der Waals surface area (Å²) >= 11 is 0. The van der Waals surface area contributed by atoms with Crippen LogP contribution in [0.5, 0.6) is 0 Å². The van der Waals surface area contributed by atoms with Crippen LogP contribution in [0.2, 0.25) is 0 Å². The van der Waals surface area contributed by atoms with Gasteiger partial charge in [-0.15, -0.1) is 0 Å². The molecular weight excluding hydrogens is 156 g/mol. The van der Waals surface area contributed by atoms with Gasteiger partial charge in [-0.05, 0) is 12.3 Å². The molecule has 2 amide bonds. The minimum Gasteiger partial charge on any atom is -0.350 e. The van der Waals surface area contributed by atoms with Crippen molar-refractivity contribution in [2.45, 2.75) is 26.3 Å². The third-order valence-corrected chi connectivity index (χ3v) is 1.18. The monoisotopic (exact) mass is 172 g/mol. The van der Waals surface area contributed by atoms with Crippen LogP contribution in [0, 0.1) is 5.92 Å². The van der Waals surface area contributed by atoms with Gasteiger partial charge in [0.1, 0.15) is 0 Å². The number of hydrogen-bond donors (Lipinski definition) is 3. The lowest BCUT2D eigenvalue weighted by Crippen LogP contribution is -2.28. The molecule has 0 aromatic heterocycles. The van der Waals surface area contributed by atoms with Gasteiger partial charge in [-0.1, -0.05) is 13.8 Å². The Morgan fingerprint density at radius 1 is 1.67 bits per heavy atom. The molecule has 0 saturated carbocycles. The fraction of sp³-hybridized carbons (Fsp3) is 0.714. The van der Waals surface area contributed by atoms with Crippen molar-refractivity contribution >= 4 is 12.2 Å². The molecule has 0 saturated heterocycles. The van der Waals surface area contributed by atoms with E-state index in [1.54, 1.807) is 0 Å². The Morgan fingerprint density at radius 3 is 2.67 bits per heavy atom. The van der Waals surface area contributed by atoms with E-state index in [4.69, 9.17) is 11.5 Å². The second kappa shape index (κ2) is 5.54. The van der Waals surface area contributed by atoms with Crippen LogP contribution in [0.25, 0.3) is 0 Å². The van der Waals surface area contributed by atoms with E-state index in [0.29, 0.717) is 5.92 Å². The largest absolute Gasteiger partial charge is 0.350 e. The first kappa shape index (κ1) is 10.9. The Morgan fingerprint density at radius 2 is 2.25 bits per heavy atom. The maximum atomic E-state index is 10.2. The van der Waals surface area contributed by atoms with Gasteiger partial charge in [-0.3, -0.25) is 0 Å². The SMILES string of the molecule is CC(C)C[C@H](N)C=NNC(N)=O. The average molecular weight is 172 g/mol. The minimum atomic E-state index is -0.678. The number of nitrogens with zero attached hydrogens (tertiary/aromatic N) is 1. The number of hydrazone groups is 1. The molecule has 0 aromatic rings. The van der Waals surface area contributed by atoms with Gasteiger partial charge in [-0.2, -0.15) is 5.10 Å². The zero-order valence-electron chi connectivity index (χ0n) is 7.45. The van der Waals surface area contributed by atoms with Crippen molar-refractivity contribution in [2.75, 3.05) is 0 Å².